The molecule has 2 aromatic rings. The van der Waals surface area contributed by atoms with Gasteiger partial charge >= 0.3 is 10.1 Å². The van der Waals surface area contributed by atoms with Crippen LogP contribution in [0.4, 0.5) is 5.69 Å². The number of nitrogens with two attached hydrogens (primary N) is 1. The number of benzene rings is 2. The predicted molar refractivity (Wildman–Crippen MR) is 118 cm³/mol. The van der Waals surface area contributed by atoms with Gasteiger partial charge < -0.3 is 14.7 Å². The first-order valence-electron chi connectivity index (χ1n) is 8.54. The first kappa shape index (κ1) is 22.8. The summed E-state index contributed by atoms with van der Waals surface area (Å²) in [5.74, 6) is -0.538. The lowest BCUT2D eigenvalue weighted by atomic mass is 10.2. The number of carbonyl (C=O) groups excluding carboxylic acids is 1. The number of amidine groups is 1. The number of thioether (sulfide) groups is 1. The van der Waals surface area contributed by atoms with E-state index >= 15 is 0 Å². The van der Waals surface area contributed by atoms with Gasteiger partial charge in [-0.15, -0.1) is 0 Å². The molecule has 0 unspecified atom stereocenters. The molecule has 0 bridgehead atoms. The minimum atomic E-state index is -4.41. The molecule has 0 fully saturated rings. The van der Waals surface area contributed by atoms with Gasteiger partial charge in [-0.3, -0.25) is 14.9 Å². The lowest BCUT2D eigenvalue weighted by Crippen LogP contribution is -2.11. The monoisotopic (exact) mass is 527 g/mol. The molecule has 13 heteroatoms. The second-order valence-electron chi connectivity index (χ2n) is 5.92. The summed E-state index contributed by atoms with van der Waals surface area (Å²) >= 11 is 4.27. The Balaban J connectivity index is 1.99. The number of hydrogen-bond donors (Lipinski definition) is 1. The molecule has 1 amide bonds. The maximum atomic E-state index is 12.7. The highest BCUT2D eigenvalue weighted by atomic mass is 79.9. The third-order valence-electron chi connectivity index (χ3n) is 3.78. The Labute approximate surface area is 189 Å². The number of nitro benzene ring substituents is 1. The van der Waals surface area contributed by atoms with Gasteiger partial charge in [0.15, 0.2) is 16.7 Å². The number of nitrogens with zero attached hydrogens (tertiary/aromatic N) is 2. The second-order valence-corrected chi connectivity index (χ2v) is 9.38. The SMILES string of the molecule is CCOc1cc(/C=C2\SC(N)=NC2=O)cc(Br)c1OS(=O)(=O)c1cccc([N+](=O)[O-])c1. The largest absolute Gasteiger partial charge is 0.490 e. The van der Waals surface area contributed by atoms with Crippen molar-refractivity contribution < 1.29 is 27.1 Å². The van der Waals surface area contributed by atoms with E-state index in [0.29, 0.717) is 10.5 Å². The molecular formula is C18H14BrN3O7S2. The zero-order chi connectivity index (χ0) is 22.8. The van der Waals surface area contributed by atoms with Gasteiger partial charge in [0, 0.05) is 12.1 Å². The normalized spacial score (nSPS) is 15.1. The summed E-state index contributed by atoms with van der Waals surface area (Å²) in [6, 6.07) is 7.50. The van der Waals surface area contributed by atoms with Gasteiger partial charge in [0.05, 0.1) is 20.9 Å². The van der Waals surface area contributed by atoms with E-state index < -0.39 is 26.6 Å². The van der Waals surface area contributed by atoms with E-state index in [-0.39, 0.29) is 32.6 Å². The first-order valence-corrected chi connectivity index (χ1v) is 11.6. The van der Waals surface area contributed by atoms with Crippen LogP contribution in [0.5, 0.6) is 11.5 Å². The van der Waals surface area contributed by atoms with Crippen LogP contribution in [0, 0.1) is 10.1 Å². The molecular weight excluding hydrogens is 514 g/mol. The van der Waals surface area contributed by atoms with Crippen LogP contribution >= 0.6 is 27.7 Å². The second kappa shape index (κ2) is 9.08. The van der Waals surface area contributed by atoms with Crippen LogP contribution in [0.25, 0.3) is 6.08 Å². The Kier molecular flexibility index (Phi) is 6.67. The van der Waals surface area contributed by atoms with Crippen molar-refractivity contribution >= 4 is 60.6 Å². The van der Waals surface area contributed by atoms with E-state index in [4.69, 9.17) is 14.7 Å². The molecule has 10 nitrogen and oxygen atoms in total. The highest BCUT2D eigenvalue weighted by Gasteiger charge is 2.25. The van der Waals surface area contributed by atoms with Gasteiger partial charge in [-0.05, 0) is 64.5 Å². The molecule has 2 N–H and O–H groups in total. The van der Waals surface area contributed by atoms with Gasteiger partial charge in [-0.1, -0.05) is 6.07 Å². The molecule has 0 saturated heterocycles. The maximum Gasteiger partial charge on any atom is 0.339 e. The number of non-ortho nitro benzene ring substituents is 1. The third-order valence-corrected chi connectivity index (χ3v) is 6.40. The van der Waals surface area contributed by atoms with Gasteiger partial charge in [0.25, 0.3) is 11.6 Å². The minimum Gasteiger partial charge on any atom is -0.490 e. The van der Waals surface area contributed by atoms with Gasteiger partial charge in [0.2, 0.25) is 0 Å². The summed E-state index contributed by atoms with van der Waals surface area (Å²) in [5, 5.41) is 11.1. The highest BCUT2D eigenvalue weighted by Crippen LogP contribution is 2.40. The maximum absolute atomic E-state index is 12.7. The first-order chi connectivity index (χ1) is 14.6. The van der Waals surface area contributed by atoms with Gasteiger partial charge in [-0.25, -0.2) is 0 Å². The van der Waals surface area contributed by atoms with E-state index in [1.54, 1.807) is 6.92 Å². The lowest BCUT2D eigenvalue weighted by Gasteiger charge is -2.14. The number of carbonyl (C=O) groups is 1. The van der Waals surface area contributed by atoms with E-state index in [1.165, 1.54) is 36.4 Å². The van der Waals surface area contributed by atoms with Crippen LogP contribution in [0.1, 0.15) is 12.5 Å². The van der Waals surface area contributed by atoms with Gasteiger partial charge in [0.1, 0.15) is 4.90 Å². The fourth-order valence-electron chi connectivity index (χ4n) is 2.50. The van der Waals surface area contributed by atoms with Crippen molar-refractivity contribution in [3.8, 4) is 11.5 Å². The average Bonchev–Trinajstić information content (AvgIpc) is 3.01. The quantitative estimate of drug-likeness (QED) is 0.247. The molecule has 0 atom stereocenters. The summed E-state index contributed by atoms with van der Waals surface area (Å²) in [5.41, 5.74) is 5.66. The molecule has 0 saturated carbocycles. The zero-order valence-corrected chi connectivity index (χ0v) is 19.0. The van der Waals surface area contributed by atoms with Crippen LogP contribution in [0.3, 0.4) is 0 Å². The third kappa shape index (κ3) is 5.24. The fraction of sp³-hybridized carbons (Fsp3) is 0.111. The van der Waals surface area contributed by atoms with Crippen LogP contribution in [-0.2, 0) is 14.9 Å². The molecule has 0 aliphatic carbocycles. The van der Waals surface area contributed by atoms with E-state index in [2.05, 4.69) is 20.9 Å². The number of ether oxygens (including phenoxy) is 1. The van der Waals surface area contributed by atoms with Crippen molar-refractivity contribution in [1.29, 1.82) is 0 Å². The van der Waals surface area contributed by atoms with Crippen LogP contribution in [-0.4, -0.2) is 31.0 Å². The molecule has 1 aliphatic heterocycles. The number of amides is 1. The molecule has 1 aliphatic rings. The number of hydrogen-bond acceptors (Lipinski definition) is 9. The molecule has 2 aromatic carbocycles. The smallest absolute Gasteiger partial charge is 0.339 e. The zero-order valence-electron chi connectivity index (χ0n) is 15.8. The van der Waals surface area contributed by atoms with Crippen molar-refractivity contribution in [2.24, 2.45) is 10.7 Å². The van der Waals surface area contributed by atoms with Crippen LogP contribution in [0.15, 0.2) is 55.7 Å². The minimum absolute atomic E-state index is 0.0852. The molecule has 0 spiro atoms. The Hall–Kier alpha value is -2.90. The number of nitro groups is 1. The Bertz CT molecular complexity index is 1240. The Morgan fingerprint density at radius 3 is 2.68 bits per heavy atom. The predicted octanol–water partition coefficient (Wildman–Crippen LogP) is 3.45. The summed E-state index contributed by atoms with van der Waals surface area (Å²) in [6.45, 7) is 1.90. The molecule has 1 heterocycles. The Morgan fingerprint density at radius 2 is 2.06 bits per heavy atom. The van der Waals surface area contributed by atoms with Crippen LogP contribution in [0.2, 0.25) is 0 Å². The number of rotatable bonds is 7. The average molecular weight is 528 g/mol. The van der Waals surface area contributed by atoms with Crippen molar-refractivity contribution in [2.45, 2.75) is 11.8 Å². The molecule has 0 aromatic heterocycles. The van der Waals surface area contributed by atoms with Crippen molar-refractivity contribution in [1.82, 2.24) is 0 Å². The molecule has 3 rings (SSSR count). The van der Waals surface area contributed by atoms with Gasteiger partial charge in [-0.2, -0.15) is 13.4 Å². The fourth-order valence-corrected chi connectivity index (χ4v) is 4.83. The van der Waals surface area contributed by atoms with Crippen molar-refractivity contribution in [2.75, 3.05) is 6.61 Å². The van der Waals surface area contributed by atoms with Crippen molar-refractivity contribution in [3.05, 3.63) is 61.5 Å². The summed E-state index contributed by atoms with van der Waals surface area (Å²) < 4.78 is 36.4. The summed E-state index contributed by atoms with van der Waals surface area (Å²) in [7, 11) is -4.41. The standard InChI is InChI=1S/C18H14BrN3O7S2/c1-2-28-14-7-10(8-15-17(23)21-18(20)30-15)6-13(19)16(14)29-31(26,27)12-5-3-4-11(9-12)22(24)25/h3-9H,2H2,1H3,(H2,20,21,23)/b15-8-. The van der Waals surface area contributed by atoms with Crippen molar-refractivity contribution in [3.63, 3.8) is 0 Å². The molecule has 0 radical (unpaired) electrons. The highest BCUT2D eigenvalue weighted by molar-refractivity contribution is 9.10. The topological polar surface area (TPSA) is 151 Å². The van der Waals surface area contributed by atoms with E-state index in [1.807, 2.05) is 0 Å². The van der Waals surface area contributed by atoms with E-state index in [0.717, 1.165) is 17.8 Å². The Morgan fingerprint density at radius 1 is 1.32 bits per heavy atom. The lowest BCUT2D eigenvalue weighted by molar-refractivity contribution is -0.385. The summed E-state index contributed by atoms with van der Waals surface area (Å²) in [6.07, 6.45) is 1.53. The number of aliphatic imine (C=N–C) groups is 1. The number of halogens is 1. The van der Waals surface area contributed by atoms with Crippen LogP contribution < -0.4 is 14.7 Å². The molecule has 31 heavy (non-hydrogen) atoms. The van der Waals surface area contributed by atoms with E-state index in [9.17, 15) is 23.3 Å². The summed E-state index contributed by atoms with van der Waals surface area (Å²) in [4.78, 5) is 25.6. The molecule has 162 valence electrons.